The number of rotatable bonds is 8. The smallest absolute Gasteiger partial charge is 0.166 e. The van der Waals surface area contributed by atoms with Crippen LogP contribution in [0.3, 0.4) is 0 Å². The fourth-order valence-electron chi connectivity index (χ4n) is 3.48. The minimum Gasteiger partial charge on any atom is -0.494 e. The van der Waals surface area contributed by atoms with Crippen LogP contribution in [0.1, 0.15) is 31.4 Å². The maximum atomic E-state index is 5.88. The first-order valence-electron chi connectivity index (χ1n) is 9.92. The standard InChI is InChI=1S/C20H31N3O3S/c1-3-25-18-12-16-11-15(2)26-19(16)13-17(18)14-22-20(27)21-5-4-6-23-7-9-24-10-8-23/h12-13,15H,3-11,14H2,1-2H3,(H2,21,22,27)/t15-/m1/s1. The van der Waals surface area contributed by atoms with Crippen molar-refractivity contribution in [3.8, 4) is 11.5 Å². The first-order chi connectivity index (χ1) is 13.2. The van der Waals surface area contributed by atoms with Gasteiger partial charge in [-0.15, -0.1) is 0 Å². The van der Waals surface area contributed by atoms with E-state index in [4.69, 9.17) is 26.4 Å². The Balaban J connectivity index is 1.43. The van der Waals surface area contributed by atoms with Gasteiger partial charge in [-0.2, -0.15) is 0 Å². The van der Waals surface area contributed by atoms with Crippen LogP contribution in [-0.4, -0.2) is 62.1 Å². The molecule has 0 bridgehead atoms. The van der Waals surface area contributed by atoms with Gasteiger partial charge in [-0.3, -0.25) is 4.90 Å². The van der Waals surface area contributed by atoms with Crippen LogP contribution in [0.4, 0.5) is 0 Å². The summed E-state index contributed by atoms with van der Waals surface area (Å²) in [6, 6.07) is 4.19. The van der Waals surface area contributed by atoms with Crippen LogP contribution in [0, 0.1) is 0 Å². The molecule has 150 valence electrons. The summed E-state index contributed by atoms with van der Waals surface area (Å²) in [6.07, 6.45) is 2.23. The molecule has 2 aliphatic heterocycles. The number of benzene rings is 1. The van der Waals surface area contributed by atoms with Crippen molar-refractivity contribution in [3.63, 3.8) is 0 Å². The van der Waals surface area contributed by atoms with Crippen molar-refractivity contribution in [1.82, 2.24) is 15.5 Å². The van der Waals surface area contributed by atoms with Crippen molar-refractivity contribution < 1.29 is 14.2 Å². The Kier molecular flexibility index (Phi) is 7.55. The average molecular weight is 394 g/mol. The zero-order valence-electron chi connectivity index (χ0n) is 16.4. The zero-order chi connectivity index (χ0) is 19.1. The Hall–Kier alpha value is -1.57. The third-order valence-corrected chi connectivity index (χ3v) is 5.15. The number of thiocarbonyl (C=S) groups is 1. The quantitative estimate of drug-likeness (QED) is 0.518. The molecule has 1 fully saturated rings. The van der Waals surface area contributed by atoms with Crippen molar-refractivity contribution in [2.24, 2.45) is 0 Å². The second-order valence-corrected chi connectivity index (χ2v) is 7.46. The first kappa shape index (κ1) is 20.2. The van der Waals surface area contributed by atoms with E-state index in [0.717, 1.165) is 69.3 Å². The monoisotopic (exact) mass is 393 g/mol. The second-order valence-electron chi connectivity index (χ2n) is 7.05. The minimum atomic E-state index is 0.229. The molecule has 6 nitrogen and oxygen atoms in total. The second kappa shape index (κ2) is 10.1. The van der Waals surface area contributed by atoms with Crippen LogP contribution in [0.2, 0.25) is 0 Å². The summed E-state index contributed by atoms with van der Waals surface area (Å²) in [5.41, 5.74) is 2.29. The van der Waals surface area contributed by atoms with Crippen molar-refractivity contribution in [1.29, 1.82) is 0 Å². The molecule has 7 heteroatoms. The van der Waals surface area contributed by atoms with Crippen LogP contribution in [0.25, 0.3) is 0 Å². The molecule has 27 heavy (non-hydrogen) atoms. The van der Waals surface area contributed by atoms with Crippen molar-refractivity contribution in [3.05, 3.63) is 23.3 Å². The number of hydrogen-bond donors (Lipinski definition) is 2. The minimum absolute atomic E-state index is 0.229. The molecule has 2 N–H and O–H groups in total. The molecule has 0 amide bonds. The SMILES string of the molecule is CCOc1cc2c(cc1CNC(=S)NCCCN1CCOCC1)O[C@H](C)C2. The Bertz CT molecular complexity index is 635. The van der Waals surface area contributed by atoms with E-state index in [-0.39, 0.29) is 6.10 Å². The van der Waals surface area contributed by atoms with E-state index in [2.05, 4.69) is 34.6 Å². The van der Waals surface area contributed by atoms with E-state index in [1.165, 1.54) is 5.56 Å². The molecule has 0 unspecified atom stereocenters. The molecule has 0 radical (unpaired) electrons. The van der Waals surface area contributed by atoms with Crippen molar-refractivity contribution in [2.75, 3.05) is 46.0 Å². The first-order valence-corrected chi connectivity index (χ1v) is 10.3. The summed E-state index contributed by atoms with van der Waals surface area (Å²) >= 11 is 5.42. The third kappa shape index (κ3) is 5.96. The maximum Gasteiger partial charge on any atom is 0.166 e. The Morgan fingerprint density at radius 2 is 2.11 bits per heavy atom. The van der Waals surface area contributed by atoms with Crippen LogP contribution in [-0.2, 0) is 17.7 Å². The van der Waals surface area contributed by atoms with Crippen LogP contribution >= 0.6 is 12.2 Å². The lowest BCUT2D eigenvalue weighted by atomic mass is 10.1. The highest BCUT2D eigenvalue weighted by Gasteiger charge is 2.21. The van der Waals surface area contributed by atoms with Crippen LogP contribution < -0.4 is 20.1 Å². The molecule has 2 aliphatic rings. The van der Waals surface area contributed by atoms with E-state index in [0.29, 0.717) is 18.3 Å². The van der Waals surface area contributed by atoms with Gasteiger partial charge in [0.05, 0.1) is 19.8 Å². The zero-order valence-corrected chi connectivity index (χ0v) is 17.2. The third-order valence-electron chi connectivity index (χ3n) is 4.86. The van der Waals surface area contributed by atoms with Gasteiger partial charge in [0.15, 0.2) is 5.11 Å². The predicted molar refractivity (Wildman–Crippen MR) is 111 cm³/mol. The number of hydrogen-bond acceptors (Lipinski definition) is 5. The summed E-state index contributed by atoms with van der Waals surface area (Å²) in [5.74, 6) is 1.88. The van der Waals surface area contributed by atoms with Crippen LogP contribution in [0.15, 0.2) is 12.1 Å². The van der Waals surface area contributed by atoms with Gasteiger partial charge >= 0.3 is 0 Å². The number of ether oxygens (including phenoxy) is 3. The lowest BCUT2D eigenvalue weighted by Gasteiger charge is -2.26. The molecule has 0 spiro atoms. The van der Waals surface area contributed by atoms with Gasteiger partial charge in [0.1, 0.15) is 17.6 Å². The molecule has 1 saturated heterocycles. The van der Waals surface area contributed by atoms with E-state index < -0.39 is 0 Å². The highest BCUT2D eigenvalue weighted by atomic mass is 32.1. The van der Waals surface area contributed by atoms with Crippen LogP contribution in [0.5, 0.6) is 11.5 Å². The van der Waals surface area contributed by atoms with Gasteiger partial charge in [0.2, 0.25) is 0 Å². The number of nitrogens with one attached hydrogen (secondary N) is 2. The number of morpholine rings is 1. The molecule has 1 aromatic rings. The Morgan fingerprint density at radius 1 is 1.30 bits per heavy atom. The lowest BCUT2D eigenvalue weighted by molar-refractivity contribution is 0.0376. The Labute approximate surface area is 167 Å². The molecule has 3 rings (SSSR count). The number of nitrogens with zero attached hydrogens (tertiary/aromatic N) is 1. The van der Waals surface area contributed by atoms with Gasteiger partial charge in [0.25, 0.3) is 0 Å². The van der Waals surface area contributed by atoms with Gasteiger partial charge in [-0.1, -0.05) is 0 Å². The molecular formula is C20H31N3O3S. The summed E-state index contributed by atoms with van der Waals surface area (Å²) in [4.78, 5) is 2.43. The molecule has 0 aromatic heterocycles. The largest absolute Gasteiger partial charge is 0.494 e. The normalized spacial score (nSPS) is 19.3. The van der Waals surface area contributed by atoms with E-state index in [1.54, 1.807) is 0 Å². The van der Waals surface area contributed by atoms with Gasteiger partial charge < -0.3 is 24.8 Å². The van der Waals surface area contributed by atoms with E-state index in [9.17, 15) is 0 Å². The Morgan fingerprint density at radius 3 is 2.89 bits per heavy atom. The highest BCUT2D eigenvalue weighted by molar-refractivity contribution is 7.80. The van der Waals surface area contributed by atoms with Gasteiger partial charge in [-0.25, -0.2) is 0 Å². The van der Waals surface area contributed by atoms with Gasteiger partial charge in [-0.05, 0) is 51.2 Å². The summed E-state index contributed by atoms with van der Waals surface area (Å²) < 4.78 is 17.1. The summed E-state index contributed by atoms with van der Waals surface area (Å²) in [7, 11) is 0. The average Bonchev–Trinajstić information content (AvgIpc) is 3.03. The molecule has 1 atom stereocenters. The fourth-order valence-corrected chi connectivity index (χ4v) is 3.65. The van der Waals surface area contributed by atoms with E-state index >= 15 is 0 Å². The molecular weight excluding hydrogens is 362 g/mol. The van der Waals surface area contributed by atoms with Gasteiger partial charge in [0, 0.05) is 43.7 Å². The fraction of sp³-hybridized carbons (Fsp3) is 0.650. The predicted octanol–water partition coefficient (Wildman–Crippen LogP) is 2.10. The molecule has 1 aromatic carbocycles. The molecule has 0 aliphatic carbocycles. The van der Waals surface area contributed by atoms with E-state index in [1.807, 2.05) is 6.92 Å². The topological polar surface area (TPSA) is 55.0 Å². The molecule has 0 saturated carbocycles. The summed E-state index contributed by atoms with van der Waals surface area (Å²) in [6.45, 7) is 11.1. The van der Waals surface area contributed by atoms with Crippen molar-refractivity contribution >= 4 is 17.3 Å². The maximum absolute atomic E-state index is 5.88. The highest BCUT2D eigenvalue weighted by Crippen LogP contribution is 2.35. The molecule has 2 heterocycles. The lowest BCUT2D eigenvalue weighted by Crippen LogP contribution is -2.39. The summed E-state index contributed by atoms with van der Waals surface area (Å²) in [5, 5.41) is 7.26. The number of fused-ring (bicyclic) bond motifs is 1. The van der Waals surface area contributed by atoms with Crippen molar-refractivity contribution in [2.45, 2.75) is 39.3 Å².